The van der Waals surface area contributed by atoms with Gasteiger partial charge in [0.2, 0.25) is 0 Å². The molecule has 3 rings (SSSR count). The minimum Gasteiger partial charge on any atom is -0.349 e. The summed E-state index contributed by atoms with van der Waals surface area (Å²) < 4.78 is 1.46. The second-order valence-corrected chi connectivity index (χ2v) is 6.55. The second kappa shape index (κ2) is 5.64. The maximum Gasteiger partial charge on any atom is 0.251 e. The van der Waals surface area contributed by atoms with Crippen LogP contribution in [0.15, 0.2) is 23.1 Å². The number of pyridine rings is 1. The first-order valence-electron chi connectivity index (χ1n) is 7.77. The van der Waals surface area contributed by atoms with Gasteiger partial charge in [0.1, 0.15) is 0 Å². The summed E-state index contributed by atoms with van der Waals surface area (Å²) in [6, 6.07) is 3.59. The highest BCUT2D eigenvalue weighted by atomic mass is 16.2. The molecule has 0 spiro atoms. The molecule has 5 nitrogen and oxygen atoms in total. The largest absolute Gasteiger partial charge is 0.349 e. The summed E-state index contributed by atoms with van der Waals surface area (Å²) in [7, 11) is 1.68. The number of carbonyl (C=O) groups is 1. The lowest BCUT2D eigenvalue weighted by molar-refractivity contribution is 0.0755. The lowest BCUT2D eigenvalue weighted by Crippen LogP contribution is -2.53. The van der Waals surface area contributed by atoms with Crippen molar-refractivity contribution in [3.63, 3.8) is 0 Å². The fraction of sp³-hybridized carbons (Fsp3) is 0.625. The molecule has 2 unspecified atom stereocenters. The Hall–Kier alpha value is -1.62. The van der Waals surface area contributed by atoms with Crippen molar-refractivity contribution < 1.29 is 4.79 Å². The summed E-state index contributed by atoms with van der Waals surface area (Å²) in [4.78, 5) is 24.0. The standard InChI is InChI=1S/C16H23N3O2/c1-19-6-5-12(9-14(19)20)16(21)18-15-10-3-2-4-11(15)8-13(17)7-10/h5-6,9-11,13,15H,2-4,7-8,17H2,1H3,(H,18,21). The van der Waals surface area contributed by atoms with Gasteiger partial charge in [-0.3, -0.25) is 9.59 Å². The molecule has 2 atom stereocenters. The van der Waals surface area contributed by atoms with Crippen LogP contribution in [-0.4, -0.2) is 22.6 Å². The third kappa shape index (κ3) is 2.88. The smallest absolute Gasteiger partial charge is 0.251 e. The van der Waals surface area contributed by atoms with Gasteiger partial charge in [-0.15, -0.1) is 0 Å². The monoisotopic (exact) mass is 289 g/mol. The molecule has 1 heterocycles. The van der Waals surface area contributed by atoms with Gasteiger partial charge in [-0.25, -0.2) is 0 Å². The van der Waals surface area contributed by atoms with E-state index >= 15 is 0 Å². The zero-order chi connectivity index (χ0) is 15.0. The number of aromatic nitrogens is 1. The maximum atomic E-state index is 12.4. The average Bonchev–Trinajstić information content (AvgIpc) is 2.42. The molecule has 2 fully saturated rings. The second-order valence-electron chi connectivity index (χ2n) is 6.55. The van der Waals surface area contributed by atoms with Crippen LogP contribution in [0, 0.1) is 11.8 Å². The number of aryl methyl sites for hydroxylation is 1. The first kappa shape index (κ1) is 14.3. The van der Waals surface area contributed by atoms with Crippen LogP contribution in [-0.2, 0) is 7.05 Å². The number of nitrogens with zero attached hydrogens (tertiary/aromatic N) is 1. The van der Waals surface area contributed by atoms with Gasteiger partial charge in [-0.05, 0) is 43.6 Å². The van der Waals surface area contributed by atoms with Crippen molar-refractivity contribution in [1.82, 2.24) is 9.88 Å². The van der Waals surface area contributed by atoms with Crippen molar-refractivity contribution in [2.24, 2.45) is 24.6 Å². The minimum absolute atomic E-state index is 0.134. The van der Waals surface area contributed by atoms with Crippen molar-refractivity contribution >= 4 is 5.91 Å². The van der Waals surface area contributed by atoms with Gasteiger partial charge in [0.15, 0.2) is 0 Å². The highest BCUT2D eigenvalue weighted by Gasteiger charge is 2.39. The molecule has 114 valence electrons. The first-order valence-corrected chi connectivity index (χ1v) is 7.77. The van der Waals surface area contributed by atoms with Gasteiger partial charge >= 0.3 is 0 Å². The van der Waals surface area contributed by atoms with Gasteiger partial charge in [-0.2, -0.15) is 0 Å². The van der Waals surface area contributed by atoms with E-state index in [4.69, 9.17) is 5.73 Å². The third-order valence-corrected chi connectivity index (χ3v) is 5.04. The number of rotatable bonds is 2. The number of hydrogen-bond acceptors (Lipinski definition) is 3. The summed E-state index contributed by atoms with van der Waals surface area (Å²) in [6.07, 6.45) is 7.16. The zero-order valence-electron chi connectivity index (χ0n) is 12.4. The number of nitrogens with two attached hydrogens (primary N) is 1. The van der Waals surface area contributed by atoms with E-state index < -0.39 is 0 Å². The molecular weight excluding hydrogens is 266 g/mol. The van der Waals surface area contributed by atoms with Crippen molar-refractivity contribution in [2.75, 3.05) is 0 Å². The van der Waals surface area contributed by atoms with Gasteiger partial charge in [-0.1, -0.05) is 6.42 Å². The molecule has 5 heteroatoms. The Morgan fingerprint density at radius 2 is 2.00 bits per heavy atom. The molecule has 2 aliphatic rings. The SMILES string of the molecule is Cn1ccc(C(=O)NC2C3CCCC2CC(N)C3)cc1=O. The molecule has 0 aromatic carbocycles. The summed E-state index contributed by atoms with van der Waals surface area (Å²) in [6.45, 7) is 0. The molecule has 2 aliphatic carbocycles. The molecule has 0 saturated heterocycles. The molecule has 3 N–H and O–H groups in total. The number of amides is 1. The first-order chi connectivity index (χ1) is 10.0. The highest BCUT2D eigenvalue weighted by molar-refractivity contribution is 5.94. The quantitative estimate of drug-likeness (QED) is 0.853. The number of hydrogen-bond donors (Lipinski definition) is 2. The summed E-state index contributed by atoms with van der Waals surface area (Å²) in [5.41, 5.74) is 6.40. The van der Waals surface area contributed by atoms with E-state index in [1.165, 1.54) is 17.1 Å². The van der Waals surface area contributed by atoms with Gasteiger partial charge in [0, 0.05) is 37.0 Å². The minimum atomic E-state index is -0.159. The van der Waals surface area contributed by atoms with Crippen molar-refractivity contribution in [1.29, 1.82) is 0 Å². The molecular formula is C16H23N3O2. The molecule has 2 bridgehead atoms. The summed E-state index contributed by atoms with van der Waals surface area (Å²) >= 11 is 0. The third-order valence-electron chi connectivity index (χ3n) is 5.04. The molecule has 21 heavy (non-hydrogen) atoms. The van der Waals surface area contributed by atoms with Crippen LogP contribution in [0.2, 0.25) is 0 Å². The van der Waals surface area contributed by atoms with E-state index in [-0.39, 0.29) is 23.6 Å². The summed E-state index contributed by atoms with van der Waals surface area (Å²) in [5, 5.41) is 3.16. The molecule has 2 saturated carbocycles. The Labute approximate surface area is 124 Å². The maximum absolute atomic E-state index is 12.4. The van der Waals surface area contributed by atoms with E-state index in [9.17, 15) is 9.59 Å². The fourth-order valence-electron chi connectivity index (χ4n) is 3.95. The fourth-order valence-corrected chi connectivity index (χ4v) is 3.95. The molecule has 1 aromatic rings. The van der Waals surface area contributed by atoms with E-state index in [2.05, 4.69) is 5.32 Å². The normalized spacial score (nSPS) is 31.7. The Bertz CT molecular complexity index is 581. The number of fused-ring (bicyclic) bond motifs is 2. The van der Waals surface area contributed by atoms with E-state index in [0.29, 0.717) is 17.4 Å². The van der Waals surface area contributed by atoms with E-state index in [1.54, 1.807) is 19.3 Å². The molecule has 0 radical (unpaired) electrons. The number of carbonyl (C=O) groups excluding carboxylic acids is 1. The van der Waals surface area contributed by atoms with Crippen molar-refractivity contribution in [3.8, 4) is 0 Å². The van der Waals surface area contributed by atoms with Crippen LogP contribution >= 0.6 is 0 Å². The summed E-state index contributed by atoms with van der Waals surface area (Å²) in [5.74, 6) is 0.844. The Morgan fingerprint density at radius 3 is 2.62 bits per heavy atom. The topological polar surface area (TPSA) is 77.1 Å². The molecule has 1 aromatic heterocycles. The van der Waals surface area contributed by atoms with E-state index in [1.807, 2.05) is 0 Å². The zero-order valence-corrected chi connectivity index (χ0v) is 12.4. The van der Waals surface area contributed by atoms with E-state index in [0.717, 1.165) is 25.7 Å². The Kier molecular flexibility index (Phi) is 3.85. The van der Waals surface area contributed by atoms with Crippen LogP contribution in [0.25, 0.3) is 0 Å². The van der Waals surface area contributed by atoms with Crippen molar-refractivity contribution in [2.45, 2.75) is 44.2 Å². The van der Waals surface area contributed by atoms with Crippen LogP contribution in [0.1, 0.15) is 42.5 Å². The van der Waals surface area contributed by atoms with Crippen LogP contribution in [0.4, 0.5) is 0 Å². The van der Waals surface area contributed by atoms with Crippen LogP contribution in [0.5, 0.6) is 0 Å². The molecule has 1 amide bonds. The predicted molar refractivity (Wildman–Crippen MR) is 81.0 cm³/mol. The van der Waals surface area contributed by atoms with Gasteiger partial charge in [0.25, 0.3) is 11.5 Å². The van der Waals surface area contributed by atoms with Crippen molar-refractivity contribution in [3.05, 3.63) is 34.2 Å². The Balaban J connectivity index is 1.75. The Morgan fingerprint density at radius 1 is 1.33 bits per heavy atom. The van der Waals surface area contributed by atoms with Crippen LogP contribution < -0.4 is 16.6 Å². The van der Waals surface area contributed by atoms with Gasteiger partial charge < -0.3 is 15.6 Å². The van der Waals surface area contributed by atoms with Crippen LogP contribution in [0.3, 0.4) is 0 Å². The lowest BCUT2D eigenvalue weighted by atomic mass is 9.67. The predicted octanol–water partition coefficient (Wildman–Crippen LogP) is 1.02. The highest BCUT2D eigenvalue weighted by Crippen LogP contribution is 2.39. The van der Waals surface area contributed by atoms with Gasteiger partial charge in [0.05, 0.1) is 0 Å². The lowest BCUT2D eigenvalue weighted by Gasteiger charge is -2.45. The average molecular weight is 289 g/mol. The number of nitrogens with one attached hydrogen (secondary N) is 1. The molecule has 0 aliphatic heterocycles.